The highest BCUT2D eigenvalue weighted by Gasteiger charge is 2.24. The van der Waals surface area contributed by atoms with Crippen molar-refractivity contribution >= 4 is 38.0 Å². The summed E-state index contributed by atoms with van der Waals surface area (Å²) >= 11 is 1.61. The summed E-state index contributed by atoms with van der Waals surface area (Å²) in [5.74, 6) is 0.468. The lowest BCUT2D eigenvalue weighted by atomic mass is 9.88. The fourth-order valence-electron chi connectivity index (χ4n) is 4.37. The first-order valence-electron chi connectivity index (χ1n) is 10.7. The van der Waals surface area contributed by atoms with Gasteiger partial charge >= 0.3 is 0 Å². The van der Waals surface area contributed by atoms with Crippen LogP contribution >= 0.6 is 11.3 Å². The van der Waals surface area contributed by atoms with Gasteiger partial charge in [-0.15, -0.1) is 11.3 Å². The lowest BCUT2D eigenvalue weighted by Crippen LogP contribution is -2.29. The van der Waals surface area contributed by atoms with Crippen molar-refractivity contribution in [2.45, 2.75) is 38.5 Å². The van der Waals surface area contributed by atoms with Gasteiger partial charge in [-0.25, -0.2) is 0 Å². The third-order valence-electron chi connectivity index (χ3n) is 6.07. The summed E-state index contributed by atoms with van der Waals surface area (Å²) in [4.78, 5) is 27.8. The maximum absolute atomic E-state index is 13.2. The Balaban J connectivity index is 1.68. The van der Waals surface area contributed by atoms with Crippen LogP contribution in [0.2, 0.25) is 0 Å². The molecular weight excluding hydrogens is 392 g/mol. The highest BCUT2D eigenvalue weighted by atomic mass is 32.1. The van der Waals surface area contributed by atoms with E-state index in [-0.39, 0.29) is 11.6 Å². The standard InChI is InChI=1S/C25H28N2O2S/c1-3-5-21(28)17-6-4-7-18(14-17)24(29)19-8-9-22-20(15-19)23(25(26)30-22)16-10-12-27(2)13-11-16/h4,6-9,14-16H,3,5,10-13,26H2,1-2H3. The second-order valence-corrected chi connectivity index (χ2v) is 9.34. The summed E-state index contributed by atoms with van der Waals surface area (Å²) in [6, 6.07) is 13.0. The number of nitrogens with two attached hydrogens (primary N) is 1. The van der Waals surface area contributed by atoms with Gasteiger partial charge in [0.15, 0.2) is 11.6 Å². The molecule has 0 radical (unpaired) electrons. The van der Waals surface area contributed by atoms with Crippen LogP contribution in [-0.2, 0) is 0 Å². The van der Waals surface area contributed by atoms with Gasteiger partial charge in [-0.1, -0.05) is 25.1 Å². The van der Waals surface area contributed by atoms with Crippen LogP contribution in [0.5, 0.6) is 0 Å². The van der Waals surface area contributed by atoms with Gasteiger partial charge in [0.25, 0.3) is 0 Å². The van der Waals surface area contributed by atoms with E-state index in [1.165, 1.54) is 5.56 Å². The maximum Gasteiger partial charge on any atom is 0.193 e. The Morgan fingerprint density at radius 2 is 1.77 bits per heavy atom. The second kappa shape index (κ2) is 8.70. The quantitative estimate of drug-likeness (QED) is 0.534. The molecule has 0 aliphatic carbocycles. The third kappa shape index (κ3) is 4.05. The summed E-state index contributed by atoms with van der Waals surface area (Å²) in [6.45, 7) is 4.12. The van der Waals surface area contributed by atoms with Crippen molar-refractivity contribution in [2.75, 3.05) is 25.9 Å². The number of ketones is 2. The SMILES string of the molecule is CCCC(=O)c1cccc(C(=O)c2ccc3sc(N)c(C4CCN(C)CC4)c3c2)c1. The topological polar surface area (TPSA) is 63.4 Å². The molecule has 2 heterocycles. The van der Waals surface area contributed by atoms with Crippen molar-refractivity contribution in [3.63, 3.8) is 0 Å². The van der Waals surface area contributed by atoms with E-state index in [4.69, 9.17) is 5.73 Å². The Bertz CT molecular complexity index is 1090. The molecule has 4 rings (SSSR count). The van der Waals surface area contributed by atoms with E-state index in [0.717, 1.165) is 47.4 Å². The zero-order chi connectivity index (χ0) is 21.3. The number of likely N-dealkylation sites (tertiary alicyclic amines) is 1. The van der Waals surface area contributed by atoms with E-state index >= 15 is 0 Å². The Morgan fingerprint density at radius 1 is 1.07 bits per heavy atom. The summed E-state index contributed by atoms with van der Waals surface area (Å²) in [5.41, 5.74) is 9.44. The Labute approximate surface area is 181 Å². The fourth-order valence-corrected chi connectivity index (χ4v) is 5.41. The molecule has 0 unspecified atom stereocenters. The molecule has 0 bridgehead atoms. The zero-order valence-corrected chi connectivity index (χ0v) is 18.4. The normalized spacial score (nSPS) is 15.5. The van der Waals surface area contributed by atoms with E-state index in [9.17, 15) is 9.59 Å². The van der Waals surface area contributed by atoms with E-state index in [1.54, 1.807) is 35.6 Å². The number of Topliss-reactive ketones (excluding diaryl/α,β-unsaturated/α-hetero) is 1. The predicted octanol–water partition coefficient (Wildman–Crippen LogP) is 5.51. The van der Waals surface area contributed by atoms with Gasteiger partial charge in [0.2, 0.25) is 0 Å². The van der Waals surface area contributed by atoms with Crippen molar-refractivity contribution in [2.24, 2.45) is 0 Å². The van der Waals surface area contributed by atoms with E-state index < -0.39 is 0 Å². The number of thiophene rings is 1. The molecule has 0 atom stereocenters. The van der Waals surface area contributed by atoms with Gasteiger partial charge in [-0.3, -0.25) is 9.59 Å². The van der Waals surface area contributed by atoms with Crippen LogP contribution in [0.1, 0.15) is 70.4 Å². The molecule has 30 heavy (non-hydrogen) atoms. The number of piperidine rings is 1. The number of carbonyl (C=O) groups is 2. The van der Waals surface area contributed by atoms with Crippen molar-refractivity contribution in [1.29, 1.82) is 0 Å². The molecule has 4 nitrogen and oxygen atoms in total. The van der Waals surface area contributed by atoms with Crippen LogP contribution in [0.25, 0.3) is 10.1 Å². The van der Waals surface area contributed by atoms with Crippen LogP contribution in [0.3, 0.4) is 0 Å². The van der Waals surface area contributed by atoms with Crippen molar-refractivity contribution in [3.05, 3.63) is 64.7 Å². The summed E-state index contributed by atoms with van der Waals surface area (Å²) < 4.78 is 1.13. The molecule has 1 aliphatic heterocycles. The van der Waals surface area contributed by atoms with Crippen molar-refractivity contribution < 1.29 is 9.59 Å². The van der Waals surface area contributed by atoms with Crippen LogP contribution in [-0.4, -0.2) is 36.6 Å². The molecule has 2 N–H and O–H groups in total. The fraction of sp³-hybridized carbons (Fsp3) is 0.360. The number of hydrogen-bond donors (Lipinski definition) is 1. The number of carbonyl (C=O) groups excluding carboxylic acids is 2. The largest absolute Gasteiger partial charge is 0.390 e. The minimum absolute atomic E-state index is 0.0536. The highest BCUT2D eigenvalue weighted by Crippen LogP contribution is 2.42. The molecule has 0 saturated carbocycles. The van der Waals surface area contributed by atoms with E-state index in [0.29, 0.717) is 29.0 Å². The van der Waals surface area contributed by atoms with E-state index in [1.807, 2.05) is 25.1 Å². The molecular formula is C25H28N2O2S. The lowest BCUT2D eigenvalue weighted by molar-refractivity contribution is 0.0981. The molecule has 3 aromatic rings. The number of fused-ring (bicyclic) bond motifs is 1. The van der Waals surface area contributed by atoms with Gasteiger partial charge in [-0.05, 0) is 80.5 Å². The molecule has 1 saturated heterocycles. The first kappa shape index (κ1) is 20.8. The van der Waals surface area contributed by atoms with Gasteiger partial charge in [-0.2, -0.15) is 0 Å². The van der Waals surface area contributed by atoms with E-state index in [2.05, 4.69) is 11.9 Å². The third-order valence-corrected chi connectivity index (χ3v) is 7.08. The number of benzene rings is 2. The summed E-state index contributed by atoms with van der Waals surface area (Å²) in [6.07, 6.45) is 3.48. The summed E-state index contributed by atoms with van der Waals surface area (Å²) in [5, 5.41) is 1.98. The Hall–Kier alpha value is -2.50. The number of rotatable bonds is 6. The van der Waals surface area contributed by atoms with Crippen molar-refractivity contribution in [1.82, 2.24) is 4.90 Å². The second-order valence-electron chi connectivity index (χ2n) is 8.25. The molecule has 0 spiro atoms. The molecule has 5 heteroatoms. The highest BCUT2D eigenvalue weighted by molar-refractivity contribution is 7.22. The van der Waals surface area contributed by atoms with Gasteiger partial charge in [0.1, 0.15) is 0 Å². The minimum Gasteiger partial charge on any atom is -0.390 e. The lowest BCUT2D eigenvalue weighted by Gasteiger charge is -2.29. The van der Waals surface area contributed by atoms with Crippen molar-refractivity contribution in [3.8, 4) is 0 Å². The average Bonchev–Trinajstić information content (AvgIpc) is 3.09. The van der Waals surface area contributed by atoms with Crippen LogP contribution in [0.15, 0.2) is 42.5 Å². The number of nitrogens with zero attached hydrogens (tertiary/aromatic N) is 1. The van der Waals surface area contributed by atoms with Crippen LogP contribution in [0, 0.1) is 0 Å². The Kier molecular flexibility index (Phi) is 6.02. The number of nitrogen functional groups attached to an aromatic ring is 1. The predicted molar refractivity (Wildman–Crippen MR) is 125 cm³/mol. The Morgan fingerprint density at radius 3 is 2.50 bits per heavy atom. The molecule has 156 valence electrons. The summed E-state index contributed by atoms with van der Waals surface area (Å²) in [7, 11) is 2.15. The molecule has 1 aromatic heterocycles. The number of hydrogen-bond acceptors (Lipinski definition) is 5. The van der Waals surface area contributed by atoms with Gasteiger partial charge < -0.3 is 10.6 Å². The maximum atomic E-state index is 13.2. The van der Waals surface area contributed by atoms with Gasteiger partial charge in [0, 0.05) is 27.8 Å². The van der Waals surface area contributed by atoms with Crippen LogP contribution in [0.4, 0.5) is 5.00 Å². The zero-order valence-electron chi connectivity index (χ0n) is 17.6. The monoisotopic (exact) mass is 420 g/mol. The van der Waals surface area contributed by atoms with Crippen LogP contribution < -0.4 is 5.73 Å². The molecule has 1 aliphatic rings. The minimum atomic E-state index is -0.0536. The molecule has 0 amide bonds. The number of anilines is 1. The molecule has 1 fully saturated rings. The smallest absolute Gasteiger partial charge is 0.193 e. The van der Waals surface area contributed by atoms with Gasteiger partial charge in [0.05, 0.1) is 5.00 Å². The first-order valence-corrected chi connectivity index (χ1v) is 11.5. The average molecular weight is 421 g/mol. The molecule has 2 aromatic carbocycles. The first-order chi connectivity index (χ1) is 14.5.